The Morgan fingerprint density at radius 3 is 2.70 bits per heavy atom. The summed E-state index contributed by atoms with van der Waals surface area (Å²) < 4.78 is 6.00. The van der Waals surface area contributed by atoms with Crippen LogP contribution in [0.25, 0.3) is 0 Å². The van der Waals surface area contributed by atoms with Gasteiger partial charge in [0, 0.05) is 10.5 Å². The molecule has 0 N–H and O–H groups in total. The molecule has 2 rings (SSSR count). The van der Waals surface area contributed by atoms with Crippen LogP contribution in [0.3, 0.4) is 0 Å². The van der Waals surface area contributed by atoms with Crippen molar-refractivity contribution in [2.45, 2.75) is 37.6 Å². The van der Waals surface area contributed by atoms with Crippen LogP contribution in [0.4, 0.5) is 0 Å². The number of esters is 1. The number of hydrogen-bond acceptors (Lipinski definition) is 3. The van der Waals surface area contributed by atoms with E-state index in [2.05, 4.69) is 27.9 Å². The molecule has 3 nitrogen and oxygen atoms in total. The number of nitrogens with zero attached hydrogens (tertiary/aromatic N) is 1. The van der Waals surface area contributed by atoms with Gasteiger partial charge in [-0.15, -0.1) is 0 Å². The first kappa shape index (κ1) is 15.5. The van der Waals surface area contributed by atoms with Crippen molar-refractivity contribution in [3.8, 4) is 0 Å². The fourth-order valence-electron chi connectivity index (χ4n) is 2.96. The maximum Gasteiger partial charge on any atom is 0.313 e. The standard InChI is InChI=1S/C16H22BrNO2/c1-18-11-3-4-14(18)9-10-15(16(19)20-2)12-5-7-13(17)8-6-12/h5-8,14-15H,3-4,9-11H2,1-2H3. The van der Waals surface area contributed by atoms with Gasteiger partial charge in [-0.2, -0.15) is 0 Å². The van der Waals surface area contributed by atoms with E-state index in [0.717, 1.165) is 22.9 Å². The highest BCUT2D eigenvalue weighted by atomic mass is 79.9. The Labute approximate surface area is 129 Å². The molecule has 4 heteroatoms. The molecular formula is C16H22BrNO2. The number of rotatable bonds is 5. The van der Waals surface area contributed by atoms with E-state index >= 15 is 0 Å². The largest absolute Gasteiger partial charge is 0.469 e. The van der Waals surface area contributed by atoms with Crippen molar-refractivity contribution in [2.75, 3.05) is 20.7 Å². The smallest absolute Gasteiger partial charge is 0.313 e. The Kier molecular flexibility index (Phi) is 5.61. The molecule has 0 aliphatic carbocycles. The lowest BCUT2D eigenvalue weighted by atomic mass is 9.92. The van der Waals surface area contributed by atoms with E-state index in [0.29, 0.717) is 6.04 Å². The highest BCUT2D eigenvalue weighted by Crippen LogP contribution is 2.28. The molecule has 110 valence electrons. The van der Waals surface area contributed by atoms with Gasteiger partial charge in [0.2, 0.25) is 0 Å². The minimum atomic E-state index is -0.151. The maximum absolute atomic E-state index is 12.0. The van der Waals surface area contributed by atoms with E-state index in [1.807, 2.05) is 24.3 Å². The molecule has 0 radical (unpaired) electrons. The van der Waals surface area contributed by atoms with E-state index in [1.54, 1.807) is 0 Å². The Balaban J connectivity index is 2.04. The topological polar surface area (TPSA) is 29.5 Å². The molecule has 1 saturated heterocycles. The van der Waals surface area contributed by atoms with Gasteiger partial charge in [-0.25, -0.2) is 0 Å². The van der Waals surface area contributed by atoms with Crippen molar-refractivity contribution < 1.29 is 9.53 Å². The molecule has 1 fully saturated rings. The van der Waals surface area contributed by atoms with Gasteiger partial charge in [0.25, 0.3) is 0 Å². The molecular weight excluding hydrogens is 318 g/mol. The number of carbonyl (C=O) groups is 1. The lowest BCUT2D eigenvalue weighted by Crippen LogP contribution is -2.26. The Bertz CT molecular complexity index is 446. The predicted octanol–water partition coefficient (Wildman–Crippen LogP) is 3.58. The highest BCUT2D eigenvalue weighted by Gasteiger charge is 2.26. The number of likely N-dealkylation sites (tertiary alicyclic amines) is 1. The predicted molar refractivity (Wildman–Crippen MR) is 83.8 cm³/mol. The molecule has 0 aromatic heterocycles. The summed E-state index contributed by atoms with van der Waals surface area (Å²) in [6.45, 7) is 1.17. The summed E-state index contributed by atoms with van der Waals surface area (Å²) in [6.07, 6.45) is 4.41. The zero-order chi connectivity index (χ0) is 14.5. The fraction of sp³-hybridized carbons (Fsp3) is 0.562. The van der Waals surface area contributed by atoms with Gasteiger partial charge >= 0.3 is 5.97 Å². The van der Waals surface area contributed by atoms with Crippen molar-refractivity contribution in [2.24, 2.45) is 0 Å². The first-order valence-corrected chi connectivity index (χ1v) is 7.94. The Morgan fingerprint density at radius 1 is 1.45 bits per heavy atom. The zero-order valence-electron chi connectivity index (χ0n) is 12.1. The minimum absolute atomic E-state index is 0.132. The molecule has 20 heavy (non-hydrogen) atoms. The molecule has 1 aliphatic rings. The summed E-state index contributed by atoms with van der Waals surface area (Å²) in [6, 6.07) is 8.58. The number of methoxy groups -OCH3 is 1. The number of hydrogen-bond donors (Lipinski definition) is 0. The van der Waals surface area contributed by atoms with Crippen LogP contribution in [0.15, 0.2) is 28.7 Å². The monoisotopic (exact) mass is 339 g/mol. The minimum Gasteiger partial charge on any atom is -0.469 e. The van der Waals surface area contributed by atoms with Crippen molar-refractivity contribution >= 4 is 21.9 Å². The summed E-state index contributed by atoms with van der Waals surface area (Å²) >= 11 is 3.43. The fourth-order valence-corrected chi connectivity index (χ4v) is 3.23. The van der Waals surface area contributed by atoms with E-state index in [1.165, 1.54) is 26.5 Å². The van der Waals surface area contributed by atoms with Gasteiger partial charge < -0.3 is 9.64 Å². The third kappa shape index (κ3) is 3.83. The van der Waals surface area contributed by atoms with Gasteiger partial charge in [-0.05, 0) is 57.0 Å². The Morgan fingerprint density at radius 2 is 2.15 bits per heavy atom. The van der Waals surface area contributed by atoms with Crippen LogP contribution in [0.5, 0.6) is 0 Å². The highest BCUT2D eigenvalue weighted by molar-refractivity contribution is 9.10. The van der Waals surface area contributed by atoms with E-state index in [-0.39, 0.29) is 11.9 Å². The van der Waals surface area contributed by atoms with Crippen molar-refractivity contribution in [3.05, 3.63) is 34.3 Å². The summed E-state index contributed by atoms with van der Waals surface area (Å²) in [5.41, 5.74) is 1.04. The average molecular weight is 340 g/mol. The van der Waals surface area contributed by atoms with Gasteiger partial charge in [0.15, 0.2) is 0 Å². The molecule has 0 spiro atoms. The van der Waals surface area contributed by atoms with Gasteiger partial charge in [-0.3, -0.25) is 4.79 Å². The lowest BCUT2D eigenvalue weighted by molar-refractivity contribution is -0.142. The molecule has 0 bridgehead atoms. The third-order valence-corrected chi connectivity index (χ3v) is 4.75. The van der Waals surface area contributed by atoms with Crippen LogP contribution in [-0.2, 0) is 9.53 Å². The first-order chi connectivity index (χ1) is 9.61. The quantitative estimate of drug-likeness (QED) is 0.768. The number of carbonyl (C=O) groups excluding carboxylic acids is 1. The SMILES string of the molecule is COC(=O)C(CCC1CCCN1C)c1ccc(Br)cc1. The van der Waals surface area contributed by atoms with E-state index < -0.39 is 0 Å². The average Bonchev–Trinajstić information content (AvgIpc) is 2.86. The second kappa shape index (κ2) is 7.23. The lowest BCUT2D eigenvalue weighted by Gasteiger charge is -2.22. The van der Waals surface area contributed by atoms with Gasteiger partial charge in [-0.1, -0.05) is 28.1 Å². The van der Waals surface area contributed by atoms with Crippen LogP contribution in [0.2, 0.25) is 0 Å². The molecule has 2 atom stereocenters. The molecule has 2 unspecified atom stereocenters. The molecule has 1 aromatic rings. The second-order valence-electron chi connectivity index (χ2n) is 5.48. The number of benzene rings is 1. The number of ether oxygens (including phenoxy) is 1. The Hall–Kier alpha value is -0.870. The van der Waals surface area contributed by atoms with Crippen molar-refractivity contribution in [3.63, 3.8) is 0 Å². The van der Waals surface area contributed by atoms with E-state index in [4.69, 9.17) is 4.74 Å². The molecule has 1 heterocycles. The third-order valence-electron chi connectivity index (χ3n) is 4.22. The zero-order valence-corrected chi connectivity index (χ0v) is 13.7. The summed E-state index contributed by atoms with van der Waals surface area (Å²) in [4.78, 5) is 14.4. The van der Waals surface area contributed by atoms with Gasteiger partial charge in [0.05, 0.1) is 13.0 Å². The first-order valence-electron chi connectivity index (χ1n) is 7.15. The van der Waals surface area contributed by atoms with Gasteiger partial charge in [0.1, 0.15) is 0 Å². The molecule has 1 aromatic carbocycles. The summed E-state index contributed by atoms with van der Waals surface area (Å²) in [7, 11) is 3.64. The van der Waals surface area contributed by atoms with Crippen LogP contribution < -0.4 is 0 Å². The summed E-state index contributed by atoms with van der Waals surface area (Å²) in [5, 5.41) is 0. The van der Waals surface area contributed by atoms with Crippen LogP contribution in [0, 0.1) is 0 Å². The van der Waals surface area contributed by atoms with Crippen LogP contribution in [0.1, 0.15) is 37.2 Å². The van der Waals surface area contributed by atoms with E-state index in [9.17, 15) is 4.79 Å². The second-order valence-corrected chi connectivity index (χ2v) is 6.40. The number of halogens is 1. The van der Waals surface area contributed by atoms with Crippen molar-refractivity contribution in [1.29, 1.82) is 0 Å². The van der Waals surface area contributed by atoms with Crippen LogP contribution >= 0.6 is 15.9 Å². The maximum atomic E-state index is 12.0. The van der Waals surface area contributed by atoms with Crippen LogP contribution in [-0.4, -0.2) is 37.6 Å². The molecule has 1 aliphatic heterocycles. The van der Waals surface area contributed by atoms with Crippen molar-refractivity contribution in [1.82, 2.24) is 4.90 Å². The molecule has 0 amide bonds. The molecule has 0 saturated carbocycles. The normalized spacial score (nSPS) is 20.9. The summed E-state index contributed by atoms with van der Waals surface area (Å²) in [5.74, 6) is -0.282.